The molecule has 11 heteroatoms. The number of hydrogen-bond acceptors (Lipinski definition) is 8. The molecule has 3 aromatic rings. The van der Waals surface area contributed by atoms with E-state index in [-0.39, 0.29) is 35.6 Å². The Morgan fingerprint density at radius 2 is 1.55 bits per heavy atom. The van der Waals surface area contributed by atoms with Crippen molar-refractivity contribution in [2.75, 3.05) is 39.7 Å². The lowest BCUT2D eigenvalue weighted by Gasteiger charge is -2.35. The van der Waals surface area contributed by atoms with Gasteiger partial charge in [-0.05, 0) is 87.3 Å². The predicted octanol–water partition coefficient (Wildman–Crippen LogP) is 5.03. The van der Waals surface area contributed by atoms with E-state index in [1.54, 1.807) is 23.1 Å². The number of methoxy groups -OCH3 is 1. The van der Waals surface area contributed by atoms with Crippen LogP contribution in [0.3, 0.4) is 0 Å². The number of piperidine rings is 1. The van der Waals surface area contributed by atoms with Crippen molar-refractivity contribution in [2.24, 2.45) is 0 Å². The first-order chi connectivity index (χ1) is 20.1. The van der Waals surface area contributed by atoms with Crippen LogP contribution in [0.1, 0.15) is 42.6 Å². The Balaban J connectivity index is 1.78. The predicted molar refractivity (Wildman–Crippen MR) is 158 cm³/mol. The Labute approximate surface area is 246 Å². The van der Waals surface area contributed by atoms with Crippen LogP contribution in [0.5, 0.6) is 23.0 Å². The first-order valence-electron chi connectivity index (χ1n) is 13.9. The van der Waals surface area contributed by atoms with Crippen LogP contribution in [0, 0.1) is 5.82 Å². The van der Waals surface area contributed by atoms with Crippen molar-refractivity contribution in [3.63, 3.8) is 0 Å². The smallest absolute Gasteiger partial charge is 0.306 e. The van der Waals surface area contributed by atoms with Crippen molar-refractivity contribution >= 4 is 16.0 Å². The minimum atomic E-state index is -3.82. The molecule has 226 valence electrons. The van der Waals surface area contributed by atoms with Gasteiger partial charge in [0, 0.05) is 24.2 Å². The summed E-state index contributed by atoms with van der Waals surface area (Å²) in [5.41, 5.74) is 2.48. The Hall–Kier alpha value is -3.83. The normalized spacial score (nSPS) is 13.8. The van der Waals surface area contributed by atoms with E-state index in [1.807, 2.05) is 26.0 Å². The molecule has 1 heterocycles. The van der Waals surface area contributed by atoms with Crippen molar-refractivity contribution < 1.29 is 36.0 Å². The van der Waals surface area contributed by atoms with Crippen LogP contribution < -0.4 is 23.7 Å². The average Bonchev–Trinajstić information content (AvgIpc) is 2.96. The molecule has 9 nitrogen and oxygen atoms in total. The summed E-state index contributed by atoms with van der Waals surface area (Å²) in [6.07, 6.45) is 2.43. The number of hydrogen-bond donors (Lipinski definition) is 1. The fourth-order valence-electron chi connectivity index (χ4n) is 5.06. The highest BCUT2D eigenvalue weighted by atomic mass is 32.2. The number of halogens is 1. The summed E-state index contributed by atoms with van der Waals surface area (Å²) < 4.78 is 59.8. The lowest BCUT2D eigenvalue weighted by Crippen LogP contribution is -2.45. The Morgan fingerprint density at radius 1 is 0.952 bits per heavy atom. The third kappa shape index (κ3) is 7.92. The summed E-state index contributed by atoms with van der Waals surface area (Å²) in [6, 6.07) is 14.2. The second-order valence-corrected chi connectivity index (χ2v) is 11.5. The summed E-state index contributed by atoms with van der Waals surface area (Å²) in [5.74, 6) is 0.778. The van der Waals surface area contributed by atoms with Gasteiger partial charge in [-0.2, -0.15) is 8.42 Å². The number of nitrogens with zero attached hydrogens (tertiary/aromatic N) is 1. The fourth-order valence-corrected chi connectivity index (χ4v) is 5.50. The van der Waals surface area contributed by atoms with E-state index in [4.69, 9.17) is 18.4 Å². The summed E-state index contributed by atoms with van der Waals surface area (Å²) in [6.45, 7) is 6.31. The van der Waals surface area contributed by atoms with Crippen molar-refractivity contribution in [2.45, 2.75) is 39.3 Å². The summed E-state index contributed by atoms with van der Waals surface area (Å²) in [7, 11) is -2.39. The number of rotatable bonds is 12. The van der Waals surface area contributed by atoms with E-state index in [1.165, 1.54) is 31.4 Å². The summed E-state index contributed by atoms with van der Waals surface area (Å²) in [5, 5.41) is 3.34. The first kappa shape index (κ1) is 31.1. The van der Waals surface area contributed by atoms with Crippen LogP contribution in [0.15, 0.2) is 54.6 Å². The minimum Gasteiger partial charge on any atom is -0.497 e. The Bertz CT molecular complexity index is 1460. The molecule has 42 heavy (non-hydrogen) atoms. The largest absolute Gasteiger partial charge is 0.497 e. The van der Waals surface area contributed by atoms with Gasteiger partial charge in [0.25, 0.3) is 5.91 Å². The Kier molecular flexibility index (Phi) is 10.3. The molecule has 0 unspecified atom stereocenters. The highest BCUT2D eigenvalue weighted by molar-refractivity contribution is 7.86. The van der Waals surface area contributed by atoms with Gasteiger partial charge in [-0.25, -0.2) is 4.39 Å². The van der Waals surface area contributed by atoms with E-state index >= 15 is 0 Å². The highest BCUT2D eigenvalue weighted by Gasteiger charge is 2.28. The summed E-state index contributed by atoms with van der Waals surface area (Å²) >= 11 is 0. The van der Waals surface area contributed by atoms with Gasteiger partial charge in [-0.15, -0.1) is 0 Å². The van der Waals surface area contributed by atoms with Gasteiger partial charge in [-0.3, -0.25) is 4.79 Å². The molecule has 4 rings (SSSR count). The molecule has 0 atom stereocenters. The number of carbonyl (C=O) groups is 1. The molecule has 0 saturated carbocycles. The number of amides is 1. The lowest BCUT2D eigenvalue weighted by atomic mass is 9.98. The lowest BCUT2D eigenvalue weighted by molar-refractivity contribution is 0.0622. The Morgan fingerprint density at radius 3 is 2.10 bits per heavy atom. The third-order valence-electron chi connectivity index (χ3n) is 6.83. The van der Waals surface area contributed by atoms with Gasteiger partial charge < -0.3 is 28.6 Å². The molecule has 1 fully saturated rings. The maximum absolute atomic E-state index is 14.1. The molecule has 0 radical (unpaired) electrons. The van der Waals surface area contributed by atoms with Gasteiger partial charge in [0.1, 0.15) is 28.8 Å². The third-order valence-corrected chi connectivity index (χ3v) is 7.33. The molecule has 0 aliphatic carbocycles. The van der Waals surface area contributed by atoms with Crippen LogP contribution in [0.25, 0.3) is 11.1 Å². The zero-order valence-electron chi connectivity index (χ0n) is 24.3. The van der Waals surface area contributed by atoms with Gasteiger partial charge in [-0.1, -0.05) is 12.1 Å². The van der Waals surface area contributed by atoms with Gasteiger partial charge >= 0.3 is 10.1 Å². The molecule has 0 spiro atoms. The molecule has 0 aromatic heterocycles. The molecule has 0 bridgehead atoms. The zero-order valence-corrected chi connectivity index (χ0v) is 25.1. The maximum Gasteiger partial charge on any atom is 0.306 e. The van der Waals surface area contributed by atoms with Crippen LogP contribution >= 0.6 is 0 Å². The first-order valence-corrected chi connectivity index (χ1v) is 15.7. The minimum absolute atomic E-state index is 0.00799. The number of benzene rings is 3. The maximum atomic E-state index is 14.1. The van der Waals surface area contributed by atoms with Gasteiger partial charge in [0.2, 0.25) is 0 Å². The van der Waals surface area contributed by atoms with E-state index < -0.39 is 10.1 Å². The van der Waals surface area contributed by atoms with Crippen LogP contribution in [0.4, 0.5) is 4.39 Å². The van der Waals surface area contributed by atoms with Crippen LogP contribution in [0.2, 0.25) is 0 Å². The molecular weight excluding hydrogens is 563 g/mol. The SMILES string of the molecule is CCOc1cc(CN(C(=O)c2cc(OC)cc(OS(C)(=O)=O)c2)C2CCNCC2)cc(OCC)c1-c1ccc(F)cc1. The summed E-state index contributed by atoms with van der Waals surface area (Å²) in [4.78, 5) is 15.9. The van der Waals surface area contributed by atoms with Gasteiger partial charge in [0.15, 0.2) is 0 Å². The molecule has 1 aliphatic heterocycles. The molecule has 1 amide bonds. The van der Waals surface area contributed by atoms with Gasteiger partial charge in [0.05, 0.1) is 32.1 Å². The van der Waals surface area contributed by atoms with E-state index in [0.29, 0.717) is 36.0 Å². The average molecular weight is 601 g/mol. The number of nitrogens with one attached hydrogen (secondary N) is 1. The topological polar surface area (TPSA) is 103 Å². The van der Waals surface area contributed by atoms with Crippen molar-refractivity contribution in [1.82, 2.24) is 10.2 Å². The standard InChI is InChI=1S/C31H37FN2O7S/c1-5-39-28-15-21(16-29(40-6-2)30(28)22-7-9-24(32)10-8-22)20-34(25-11-13-33-14-12-25)31(35)23-17-26(38-3)19-27(18-23)41-42(4,36)37/h7-10,15-19,25,33H,5-6,11-14,20H2,1-4H3. The van der Waals surface area contributed by atoms with E-state index in [0.717, 1.165) is 43.3 Å². The fraction of sp³-hybridized carbons (Fsp3) is 0.387. The molecule has 3 aromatic carbocycles. The molecule has 1 saturated heterocycles. The van der Waals surface area contributed by atoms with E-state index in [2.05, 4.69) is 5.32 Å². The van der Waals surface area contributed by atoms with Crippen molar-refractivity contribution in [3.05, 3.63) is 71.5 Å². The molecule has 1 aliphatic rings. The number of carbonyl (C=O) groups excluding carboxylic acids is 1. The molecule has 1 N–H and O–H groups in total. The van der Waals surface area contributed by atoms with Crippen molar-refractivity contribution in [3.8, 4) is 34.1 Å². The quantitative estimate of drug-likeness (QED) is 0.289. The zero-order chi connectivity index (χ0) is 30.3. The van der Waals surface area contributed by atoms with Crippen LogP contribution in [-0.2, 0) is 16.7 Å². The molecular formula is C31H37FN2O7S. The second-order valence-electron chi connectivity index (χ2n) is 9.94. The highest BCUT2D eigenvalue weighted by Crippen LogP contribution is 2.41. The second kappa shape index (κ2) is 13.9. The van der Waals surface area contributed by atoms with E-state index in [9.17, 15) is 17.6 Å². The monoisotopic (exact) mass is 600 g/mol. The number of ether oxygens (including phenoxy) is 3. The van der Waals surface area contributed by atoms with Crippen molar-refractivity contribution in [1.29, 1.82) is 0 Å². The van der Waals surface area contributed by atoms with Crippen LogP contribution in [-0.4, -0.2) is 64.9 Å².